The maximum absolute atomic E-state index is 12.3. The summed E-state index contributed by atoms with van der Waals surface area (Å²) < 4.78 is 12.0. The molecule has 10 nitrogen and oxygen atoms in total. The summed E-state index contributed by atoms with van der Waals surface area (Å²) >= 11 is 0. The van der Waals surface area contributed by atoms with Crippen LogP contribution in [0.5, 0.6) is 5.75 Å². The average Bonchev–Trinajstić information content (AvgIpc) is 3.37. The first-order valence-corrected chi connectivity index (χ1v) is 8.03. The number of hydrogen-bond acceptors (Lipinski definition) is 9. The van der Waals surface area contributed by atoms with E-state index in [2.05, 4.69) is 25.6 Å². The van der Waals surface area contributed by atoms with Crippen molar-refractivity contribution >= 4 is 35.5 Å². The van der Waals surface area contributed by atoms with Gasteiger partial charge in [-0.15, -0.1) is 10.2 Å². The highest BCUT2D eigenvalue weighted by molar-refractivity contribution is 6.21. The van der Waals surface area contributed by atoms with E-state index in [1.54, 1.807) is 31.5 Å². The third kappa shape index (κ3) is 3.03. The number of aliphatic imine (C=N–C) groups is 1. The van der Waals surface area contributed by atoms with Crippen LogP contribution in [0, 0.1) is 0 Å². The average molecular weight is 366 g/mol. The zero-order valence-corrected chi connectivity index (χ0v) is 14.2. The van der Waals surface area contributed by atoms with Gasteiger partial charge in [-0.3, -0.25) is 5.43 Å². The number of rotatable bonds is 5. The predicted octanol–water partition coefficient (Wildman–Crippen LogP) is 2.28. The maximum atomic E-state index is 12.3. The van der Waals surface area contributed by atoms with Crippen molar-refractivity contribution in [3.8, 4) is 5.75 Å². The van der Waals surface area contributed by atoms with Crippen LogP contribution in [0.4, 0.5) is 11.7 Å². The number of nitrogens with one attached hydrogen (secondary N) is 1. The van der Waals surface area contributed by atoms with Gasteiger partial charge in [0.05, 0.1) is 6.61 Å². The molecule has 3 aromatic rings. The SMILES string of the molecule is CCOC(=O)c1c(Nn2cnnc2)oc(C=C2C=Nc3ncccc32)c1O. The second kappa shape index (κ2) is 6.75. The molecule has 1 aliphatic heterocycles. The molecular formula is C17H14N6O4. The van der Waals surface area contributed by atoms with Crippen LogP contribution in [0.3, 0.4) is 0 Å². The molecule has 0 aromatic carbocycles. The smallest absolute Gasteiger partial charge is 0.347 e. The van der Waals surface area contributed by atoms with Gasteiger partial charge in [-0.1, -0.05) is 0 Å². The Morgan fingerprint density at radius 3 is 3.00 bits per heavy atom. The van der Waals surface area contributed by atoms with Crippen molar-refractivity contribution in [3.63, 3.8) is 0 Å². The molecule has 0 radical (unpaired) electrons. The van der Waals surface area contributed by atoms with Crippen LogP contribution < -0.4 is 5.43 Å². The molecule has 0 atom stereocenters. The molecular weight excluding hydrogens is 352 g/mol. The molecule has 27 heavy (non-hydrogen) atoms. The molecule has 0 spiro atoms. The molecule has 0 fully saturated rings. The minimum Gasteiger partial charge on any atom is -0.504 e. The predicted molar refractivity (Wildman–Crippen MR) is 95.6 cm³/mol. The van der Waals surface area contributed by atoms with Crippen LogP contribution in [-0.2, 0) is 4.74 Å². The van der Waals surface area contributed by atoms with E-state index in [1.807, 2.05) is 6.07 Å². The lowest BCUT2D eigenvalue weighted by atomic mass is 10.1. The molecule has 4 heterocycles. The summed E-state index contributed by atoms with van der Waals surface area (Å²) in [4.78, 5) is 20.7. The van der Waals surface area contributed by atoms with E-state index in [-0.39, 0.29) is 29.6 Å². The van der Waals surface area contributed by atoms with Gasteiger partial charge in [0.1, 0.15) is 12.7 Å². The summed E-state index contributed by atoms with van der Waals surface area (Å²) in [6.45, 7) is 1.82. The third-order valence-electron chi connectivity index (χ3n) is 3.75. The molecule has 1 aliphatic rings. The minimum absolute atomic E-state index is 0.000976. The van der Waals surface area contributed by atoms with Crippen LogP contribution in [0.2, 0.25) is 0 Å². The summed E-state index contributed by atoms with van der Waals surface area (Å²) in [6, 6.07) is 3.64. The van der Waals surface area contributed by atoms with E-state index in [0.29, 0.717) is 11.4 Å². The highest BCUT2D eigenvalue weighted by Crippen LogP contribution is 2.38. The largest absolute Gasteiger partial charge is 0.504 e. The number of allylic oxidation sites excluding steroid dienone is 1. The number of pyridine rings is 1. The Balaban J connectivity index is 1.77. The van der Waals surface area contributed by atoms with E-state index < -0.39 is 5.97 Å². The van der Waals surface area contributed by atoms with Crippen molar-refractivity contribution < 1.29 is 19.1 Å². The van der Waals surface area contributed by atoms with Crippen LogP contribution in [0.25, 0.3) is 11.6 Å². The number of ether oxygens (including phenoxy) is 1. The fourth-order valence-corrected chi connectivity index (χ4v) is 2.57. The summed E-state index contributed by atoms with van der Waals surface area (Å²) in [5.41, 5.74) is 4.14. The van der Waals surface area contributed by atoms with Gasteiger partial charge < -0.3 is 14.3 Å². The molecule has 3 aromatic heterocycles. The second-order valence-electron chi connectivity index (χ2n) is 5.45. The Kier molecular flexibility index (Phi) is 4.13. The Morgan fingerprint density at radius 1 is 1.41 bits per heavy atom. The fraction of sp³-hybridized carbons (Fsp3) is 0.118. The number of esters is 1. The van der Waals surface area contributed by atoms with Gasteiger partial charge in [-0.05, 0) is 25.1 Å². The summed E-state index contributed by atoms with van der Waals surface area (Å²) in [5, 5.41) is 17.9. The topological polar surface area (TPSA) is 128 Å². The molecule has 0 amide bonds. The molecule has 136 valence electrons. The normalized spacial score (nSPS) is 13.7. The Bertz CT molecular complexity index is 1050. The van der Waals surface area contributed by atoms with E-state index in [9.17, 15) is 9.90 Å². The summed E-state index contributed by atoms with van der Waals surface area (Å²) in [7, 11) is 0. The van der Waals surface area contributed by atoms with Crippen molar-refractivity contribution in [1.82, 2.24) is 19.9 Å². The van der Waals surface area contributed by atoms with Crippen molar-refractivity contribution in [3.05, 3.63) is 47.9 Å². The van der Waals surface area contributed by atoms with E-state index >= 15 is 0 Å². The van der Waals surface area contributed by atoms with Crippen molar-refractivity contribution in [2.24, 2.45) is 4.99 Å². The molecule has 0 aliphatic carbocycles. The lowest BCUT2D eigenvalue weighted by Gasteiger charge is -2.05. The first-order valence-electron chi connectivity index (χ1n) is 8.03. The van der Waals surface area contributed by atoms with Gasteiger partial charge in [0.15, 0.2) is 22.9 Å². The minimum atomic E-state index is -0.721. The molecule has 10 heteroatoms. The number of fused-ring (bicyclic) bond motifs is 1. The number of carbonyl (C=O) groups excluding carboxylic acids is 1. The number of carbonyl (C=O) groups is 1. The number of nitrogens with zero attached hydrogens (tertiary/aromatic N) is 5. The Morgan fingerprint density at radius 2 is 2.22 bits per heavy atom. The van der Waals surface area contributed by atoms with Crippen LogP contribution in [0.15, 0.2) is 40.4 Å². The zero-order chi connectivity index (χ0) is 18.8. The van der Waals surface area contributed by atoms with Crippen LogP contribution >= 0.6 is 0 Å². The van der Waals surface area contributed by atoms with Gasteiger partial charge in [0, 0.05) is 23.5 Å². The fourth-order valence-electron chi connectivity index (χ4n) is 2.57. The molecule has 4 rings (SSSR count). The highest BCUT2D eigenvalue weighted by Gasteiger charge is 2.27. The molecule has 2 N–H and O–H groups in total. The van der Waals surface area contributed by atoms with Crippen molar-refractivity contribution in [2.45, 2.75) is 6.92 Å². The second-order valence-corrected chi connectivity index (χ2v) is 5.45. The molecule has 0 unspecified atom stereocenters. The first-order chi connectivity index (χ1) is 13.2. The number of anilines is 1. The summed E-state index contributed by atoms with van der Waals surface area (Å²) in [6.07, 6.45) is 7.57. The van der Waals surface area contributed by atoms with Crippen LogP contribution in [-0.4, -0.2) is 43.8 Å². The number of hydrogen-bond donors (Lipinski definition) is 2. The number of furan rings is 1. The molecule has 0 bridgehead atoms. The van der Waals surface area contributed by atoms with E-state index in [1.165, 1.54) is 17.3 Å². The Hall–Kier alpha value is -3.95. The van der Waals surface area contributed by atoms with Crippen molar-refractivity contribution in [2.75, 3.05) is 12.0 Å². The zero-order valence-electron chi connectivity index (χ0n) is 14.2. The highest BCUT2D eigenvalue weighted by atomic mass is 16.5. The van der Waals surface area contributed by atoms with Crippen molar-refractivity contribution in [1.29, 1.82) is 0 Å². The standard InChI is InChI=1S/C17H14N6O4/c1-2-26-17(25)13-14(24)12(27-16(13)22-23-8-20-21-9-23)6-10-7-19-15-11(10)4-3-5-18-15/h3-9,22,24H,2H2,1H3. The quantitative estimate of drug-likeness (QED) is 0.658. The van der Waals surface area contributed by atoms with Gasteiger partial charge in [-0.25, -0.2) is 19.4 Å². The Labute approximate surface area is 152 Å². The van der Waals surface area contributed by atoms with Gasteiger partial charge >= 0.3 is 5.97 Å². The third-order valence-corrected chi connectivity index (χ3v) is 3.75. The lowest BCUT2D eigenvalue weighted by molar-refractivity contribution is 0.0524. The van der Waals surface area contributed by atoms with E-state index in [0.717, 1.165) is 5.56 Å². The number of aromatic hydroxyl groups is 1. The van der Waals surface area contributed by atoms with Crippen LogP contribution in [0.1, 0.15) is 28.6 Å². The molecule has 0 saturated carbocycles. The number of aromatic nitrogens is 4. The monoisotopic (exact) mass is 366 g/mol. The molecule has 0 saturated heterocycles. The van der Waals surface area contributed by atoms with E-state index in [4.69, 9.17) is 9.15 Å². The first kappa shape index (κ1) is 16.5. The maximum Gasteiger partial charge on any atom is 0.347 e. The van der Waals surface area contributed by atoms with Gasteiger partial charge in [0.25, 0.3) is 0 Å². The van der Waals surface area contributed by atoms with Gasteiger partial charge in [-0.2, -0.15) is 0 Å². The summed E-state index contributed by atoms with van der Waals surface area (Å²) in [5.74, 6) is -0.419. The lowest BCUT2D eigenvalue weighted by Crippen LogP contribution is -2.11. The van der Waals surface area contributed by atoms with Gasteiger partial charge in [0.2, 0.25) is 5.88 Å².